The van der Waals surface area contributed by atoms with E-state index in [1.165, 1.54) is 4.90 Å². The summed E-state index contributed by atoms with van der Waals surface area (Å²) in [6.07, 6.45) is 0.767. The van der Waals surface area contributed by atoms with Crippen LogP contribution in [0.1, 0.15) is 34.2 Å². The van der Waals surface area contributed by atoms with Gasteiger partial charge in [0, 0.05) is 30.3 Å². The predicted molar refractivity (Wildman–Crippen MR) is 114 cm³/mol. The van der Waals surface area contributed by atoms with Crippen molar-refractivity contribution >= 4 is 22.8 Å². The van der Waals surface area contributed by atoms with Crippen LogP contribution in [0, 0.1) is 13.8 Å². The number of fused-ring (bicyclic) bond motifs is 2. The van der Waals surface area contributed by atoms with Crippen LogP contribution in [0.15, 0.2) is 51.7 Å². The third kappa shape index (κ3) is 3.61. The SMILES string of the molecule is Cc1ccc2c(C)c(CCC(=O)N3Cc4ccccc4C[C@H]3C(N)=O)c(=O)oc2c1. The molecule has 2 aromatic carbocycles. The van der Waals surface area contributed by atoms with Gasteiger partial charge in [-0.15, -0.1) is 0 Å². The Labute approximate surface area is 174 Å². The maximum absolute atomic E-state index is 13.0. The topological polar surface area (TPSA) is 93.6 Å². The molecule has 154 valence electrons. The van der Waals surface area contributed by atoms with E-state index < -0.39 is 17.6 Å². The van der Waals surface area contributed by atoms with Crippen LogP contribution in [0.2, 0.25) is 0 Å². The minimum Gasteiger partial charge on any atom is -0.423 e. The van der Waals surface area contributed by atoms with Gasteiger partial charge in [0.05, 0.1) is 0 Å². The Morgan fingerprint density at radius 1 is 1.13 bits per heavy atom. The Hall–Kier alpha value is -3.41. The van der Waals surface area contributed by atoms with Crippen LogP contribution in [-0.2, 0) is 29.0 Å². The van der Waals surface area contributed by atoms with Crippen LogP contribution in [0.25, 0.3) is 11.0 Å². The quantitative estimate of drug-likeness (QED) is 0.677. The highest BCUT2D eigenvalue weighted by Crippen LogP contribution is 2.25. The molecule has 0 saturated carbocycles. The monoisotopic (exact) mass is 404 g/mol. The van der Waals surface area contributed by atoms with Crippen LogP contribution in [0.5, 0.6) is 0 Å². The molecule has 6 nitrogen and oxygen atoms in total. The van der Waals surface area contributed by atoms with Crippen molar-refractivity contribution in [1.82, 2.24) is 4.90 Å². The Bertz CT molecular complexity index is 1210. The number of hydrogen-bond acceptors (Lipinski definition) is 4. The molecule has 2 heterocycles. The fourth-order valence-electron chi connectivity index (χ4n) is 4.21. The molecule has 1 aliphatic rings. The van der Waals surface area contributed by atoms with Gasteiger partial charge < -0.3 is 15.1 Å². The largest absolute Gasteiger partial charge is 0.423 e. The van der Waals surface area contributed by atoms with Crippen molar-refractivity contribution in [2.45, 2.75) is 45.7 Å². The van der Waals surface area contributed by atoms with Gasteiger partial charge in [-0.1, -0.05) is 36.4 Å². The standard InChI is InChI=1S/C24H24N2O4/c1-14-7-8-18-15(2)19(24(29)30-21(18)11-14)9-10-22(27)26-13-17-6-4-3-5-16(17)12-20(26)23(25)28/h3-8,11,20H,9-10,12-13H2,1-2H3,(H2,25,28)/t20-/m0/s1. The Balaban J connectivity index is 1.58. The lowest BCUT2D eigenvalue weighted by molar-refractivity contribution is -0.140. The molecule has 1 aromatic heterocycles. The van der Waals surface area contributed by atoms with Crippen molar-refractivity contribution in [1.29, 1.82) is 0 Å². The van der Waals surface area contributed by atoms with Crippen molar-refractivity contribution in [2.75, 3.05) is 0 Å². The van der Waals surface area contributed by atoms with Crippen molar-refractivity contribution in [3.05, 3.63) is 80.7 Å². The molecule has 4 rings (SSSR count). The summed E-state index contributed by atoms with van der Waals surface area (Å²) in [6, 6.07) is 12.8. The number of benzene rings is 2. The van der Waals surface area contributed by atoms with Gasteiger partial charge in [0.15, 0.2) is 0 Å². The fraction of sp³-hybridized carbons (Fsp3) is 0.292. The average Bonchev–Trinajstić information content (AvgIpc) is 2.72. The van der Waals surface area contributed by atoms with E-state index in [9.17, 15) is 14.4 Å². The first-order valence-electron chi connectivity index (χ1n) is 10.0. The van der Waals surface area contributed by atoms with Gasteiger partial charge in [-0.05, 0) is 48.6 Å². The summed E-state index contributed by atoms with van der Waals surface area (Å²) in [5.41, 5.74) is 10.1. The highest BCUT2D eigenvalue weighted by atomic mass is 16.4. The summed E-state index contributed by atoms with van der Waals surface area (Å²) >= 11 is 0. The van der Waals surface area contributed by atoms with E-state index in [-0.39, 0.29) is 18.7 Å². The molecule has 0 radical (unpaired) electrons. The molecular weight excluding hydrogens is 380 g/mol. The first-order chi connectivity index (χ1) is 14.3. The maximum Gasteiger partial charge on any atom is 0.339 e. The maximum atomic E-state index is 13.0. The second-order valence-electron chi connectivity index (χ2n) is 7.91. The third-order valence-electron chi connectivity index (χ3n) is 5.93. The van der Waals surface area contributed by atoms with Gasteiger partial charge in [-0.25, -0.2) is 4.79 Å². The van der Waals surface area contributed by atoms with E-state index in [0.29, 0.717) is 24.1 Å². The van der Waals surface area contributed by atoms with E-state index in [0.717, 1.165) is 27.6 Å². The summed E-state index contributed by atoms with van der Waals surface area (Å²) in [6.45, 7) is 4.15. The zero-order valence-corrected chi connectivity index (χ0v) is 17.1. The average molecular weight is 404 g/mol. The Morgan fingerprint density at radius 2 is 1.87 bits per heavy atom. The Morgan fingerprint density at radius 3 is 2.60 bits per heavy atom. The molecule has 0 aliphatic carbocycles. The molecule has 1 atom stereocenters. The molecule has 2 amide bonds. The van der Waals surface area contributed by atoms with E-state index in [4.69, 9.17) is 10.2 Å². The smallest absolute Gasteiger partial charge is 0.339 e. The first kappa shape index (κ1) is 19.9. The molecule has 0 spiro atoms. The molecule has 6 heteroatoms. The molecule has 0 unspecified atom stereocenters. The molecule has 0 bridgehead atoms. The zero-order chi connectivity index (χ0) is 21.4. The highest BCUT2D eigenvalue weighted by molar-refractivity contribution is 5.88. The molecular formula is C24H24N2O4. The number of primary amides is 1. The number of aryl methyl sites for hydroxylation is 2. The van der Waals surface area contributed by atoms with E-state index >= 15 is 0 Å². The van der Waals surface area contributed by atoms with E-state index in [1.54, 1.807) is 0 Å². The lowest BCUT2D eigenvalue weighted by atomic mass is 9.93. The molecule has 3 aromatic rings. The number of rotatable bonds is 4. The van der Waals surface area contributed by atoms with Crippen molar-refractivity contribution in [3.63, 3.8) is 0 Å². The number of nitrogens with two attached hydrogens (primary N) is 1. The predicted octanol–water partition coefficient (Wildman–Crippen LogP) is 2.78. The first-order valence-corrected chi connectivity index (χ1v) is 10.0. The van der Waals surface area contributed by atoms with Crippen LogP contribution in [0.4, 0.5) is 0 Å². The minimum absolute atomic E-state index is 0.106. The summed E-state index contributed by atoms with van der Waals surface area (Å²) in [4.78, 5) is 39.1. The van der Waals surface area contributed by atoms with Gasteiger partial charge in [-0.3, -0.25) is 9.59 Å². The summed E-state index contributed by atoms with van der Waals surface area (Å²) in [5, 5.41) is 0.865. The molecule has 0 saturated heterocycles. The van der Waals surface area contributed by atoms with Gasteiger partial charge in [0.2, 0.25) is 11.8 Å². The van der Waals surface area contributed by atoms with Crippen LogP contribution >= 0.6 is 0 Å². The number of carbonyl (C=O) groups is 2. The van der Waals surface area contributed by atoms with Gasteiger partial charge in [-0.2, -0.15) is 0 Å². The van der Waals surface area contributed by atoms with Crippen molar-refractivity contribution < 1.29 is 14.0 Å². The fourth-order valence-corrected chi connectivity index (χ4v) is 4.21. The molecule has 30 heavy (non-hydrogen) atoms. The highest BCUT2D eigenvalue weighted by Gasteiger charge is 2.33. The molecule has 1 aliphatic heterocycles. The number of nitrogens with zero attached hydrogens (tertiary/aromatic N) is 1. The van der Waals surface area contributed by atoms with Crippen LogP contribution in [-0.4, -0.2) is 22.8 Å². The molecule has 0 fully saturated rings. The van der Waals surface area contributed by atoms with E-state index in [2.05, 4.69) is 0 Å². The summed E-state index contributed by atoms with van der Waals surface area (Å²) < 4.78 is 5.48. The normalized spacial score (nSPS) is 15.8. The Kier molecular flexibility index (Phi) is 5.16. The molecule has 2 N–H and O–H groups in total. The second-order valence-corrected chi connectivity index (χ2v) is 7.91. The van der Waals surface area contributed by atoms with Gasteiger partial charge in [0.25, 0.3) is 0 Å². The summed E-state index contributed by atoms with van der Waals surface area (Å²) in [5.74, 6) is -0.717. The number of hydrogen-bond donors (Lipinski definition) is 1. The lowest BCUT2D eigenvalue weighted by Gasteiger charge is -2.35. The van der Waals surface area contributed by atoms with Crippen LogP contribution < -0.4 is 11.4 Å². The number of carbonyl (C=O) groups excluding carboxylic acids is 2. The zero-order valence-electron chi connectivity index (χ0n) is 17.1. The van der Waals surface area contributed by atoms with Crippen molar-refractivity contribution in [3.8, 4) is 0 Å². The van der Waals surface area contributed by atoms with Crippen molar-refractivity contribution in [2.24, 2.45) is 5.73 Å². The minimum atomic E-state index is -0.676. The number of amides is 2. The third-order valence-corrected chi connectivity index (χ3v) is 5.93. The van der Waals surface area contributed by atoms with Crippen LogP contribution in [0.3, 0.4) is 0 Å². The van der Waals surface area contributed by atoms with E-state index in [1.807, 2.05) is 56.3 Å². The second kappa shape index (κ2) is 7.78. The van der Waals surface area contributed by atoms with Gasteiger partial charge in [0.1, 0.15) is 11.6 Å². The van der Waals surface area contributed by atoms with Gasteiger partial charge >= 0.3 is 5.63 Å². The lowest BCUT2D eigenvalue weighted by Crippen LogP contribution is -2.51. The summed E-state index contributed by atoms with van der Waals surface area (Å²) in [7, 11) is 0.